The van der Waals surface area contributed by atoms with Crippen LogP contribution in [0.4, 0.5) is 10.5 Å². The fourth-order valence-corrected chi connectivity index (χ4v) is 2.94. The van der Waals surface area contributed by atoms with E-state index in [1.54, 1.807) is 18.0 Å². The zero-order valence-corrected chi connectivity index (χ0v) is 15.6. The van der Waals surface area contributed by atoms with Crippen molar-refractivity contribution in [3.63, 3.8) is 0 Å². The summed E-state index contributed by atoms with van der Waals surface area (Å²) in [6, 6.07) is 1.89. The molecule has 0 aliphatic heterocycles. The molecule has 0 saturated carbocycles. The number of pyridine rings is 1. The maximum Gasteiger partial charge on any atom is 0.412 e. The molecular formula is C17H28N2O3S. The summed E-state index contributed by atoms with van der Waals surface area (Å²) in [5, 5.41) is 2.77. The summed E-state index contributed by atoms with van der Waals surface area (Å²) in [7, 11) is 1.54. The lowest BCUT2D eigenvalue weighted by Crippen LogP contribution is -2.27. The summed E-state index contributed by atoms with van der Waals surface area (Å²) in [5.74, 6) is 1.39. The van der Waals surface area contributed by atoms with Gasteiger partial charge in [0.05, 0.1) is 7.11 Å². The molecule has 1 aromatic heterocycles. The number of carbonyl (C=O) groups excluding carboxylic acids is 1. The van der Waals surface area contributed by atoms with E-state index in [2.05, 4.69) is 17.2 Å². The van der Waals surface area contributed by atoms with Gasteiger partial charge in [0, 0.05) is 11.1 Å². The number of anilines is 1. The Morgan fingerprint density at radius 2 is 2.04 bits per heavy atom. The minimum Gasteiger partial charge on any atom is -0.479 e. The topological polar surface area (TPSA) is 60.5 Å². The van der Waals surface area contributed by atoms with E-state index in [9.17, 15) is 4.79 Å². The van der Waals surface area contributed by atoms with Crippen molar-refractivity contribution in [2.24, 2.45) is 0 Å². The van der Waals surface area contributed by atoms with Gasteiger partial charge in [-0.25, -0.2) is 9.78 Å². The van der Waals surface area contributed by atoms with Crippen molar-refractivity contribution in [3.05, 3.63) is 12.3 Å². The predicted octanol–water partition coefficient (Wildman–Crippen LogP) is 5.11. The smallest absolute Gasteiger partial charge is 0.412 e. The van der Waals surface area contributed by atoms with Crippen molar-refractivity contribution < 1.29 is 14.3 Å². The number of aromatic nitrogens is 1. The molecule has 5 nitrogen and oxygen atoms in total. The van der Waals surface area contributed by atoms with Crippen molar-refractivity contribution in [1.29, 1.82) is 0 Å². The number of ether oxygens (including phenoxy) is 2. The standard InChI is InChI=1S/C17H28N2O3S/c1-6-7-8-9-12-23-13-10-11-18-15(21-5)14(13)19-16(20)22-17(2,3)4/h10-11H,6-9,12H2,1-5H3,(H,19,20). The molecule has 0 aromatic carbocycles. The number of amides is 1. The first-order chi connectivity index (χ1) is 10.9. The van der Waals surface area contributed by atoms with Gasteiger partial charge >= 0.3 is 6.09 Å². The maximum absolute atomic E-state index is 12.0. The van der Waals surface area contributed by atoms with Gasteiger partial charge in [-0.1, -0.05) is 26.2 Å². The predicted molar refractivity (Wildman–Crippen MR) is 95.5 cm³/mol. The van der Waals surface area contributed by atoms with Crippen LogP contribution in [0.25, 0.3) is 0 Å². The summed E-state index contributed by atoms with van der Waals surface area (Å²) >= 11 is 1.70. The lowest BCUT2D eigenvalue weighted by molar-refractivity contribution is 0.0635. The van der Waals surface area contributed by atoms with E-state index in [4.69, 9.17) is 9.47 Å². The molecule has 0 unspecified atom stereocenters. The molecule has 1 N–H and O–H groups in total. The first-order valence-corrected chi connectivity index (χ1v) is 9.01. The van der Waals surface area contributed by atoms with Crippen LogP contribution in [0.2, 0.25) is 0 Å². The van der Waals surface area contributed by atoms with Gasteiger partial charge < -0.3 is 9.47 Å². The monoisotopic (exact) mass is 340 g/mol. The van der Waals surface area contributed by atoms with Gasteiger partial charge in [-0.2, -0.15) is 0 Å². The quantitative estimate of drug-likeness (QED) is 0.526. The Labute approximate surface area is 143 Å². The van der Waals surface area contributed by atoms with Gasteiger partial charge in [0.25, 0.3) is 0 Å². The van der Waals surface area contributed by atoms with E-state index in [0.717, 1.165) is 17.1 Å². The summed E-state index contributed by atoms with van der Waals surface area (Å²) in [5.41, 5.74) is 0.0252. The number of hydrogen-bond donors (Lipinski definition) is 1. The Morgan fingerprint density at radius 1 is 1.30 bits per heavy atom. The van der Waals surface area contributed by atoms with Gasteiger partial charge in [-0.05, 0) is 39.0 Å². The second-order valence-electron chi connectivity index (χ2n) is 6.23. The Kier molecular flexibility index (Phi) is 8.23. The SMILES string of the molecule is CCCCCCSc1ccnc(OC)c1NC(=O)OC(C)(C)C. The molecule has 0 spiro atoms. The third-order valence-electron chi connectivity index (χ3n) is 2.95. The van der Waals surface area contributed by atoms with E-state index >= 15 is 0 Å². The van der Waals surface area contributed by atoms with E-state index in [1.807, 2.05) is 26.8 Å². The number of carbonyl (C=O) groups is 1. The number of thioether (sulfide) groups is 1. The van der Waals surface area contributed by atoms with Gasteiger partial charge in [-0.3, -0.25) is 5.32 Å². The van der Waals surface area contributed by atoms with Crippen LogP contribution in [0, 0.1) is 0 Å². The normalized spacial score (nSPS) is 11.2. The van der Waals surface area contributed by atoms with Gasteiger partial charge in [0.2, 0.25) is 5.88 Å². The van der Waals surface area contributed by atoms with Crippen molar-refractivity contribution in [2.75, 3.05) is 18.2 Å². The summed E-state index contributed by atoms with van der Waals surface area (Å²) < 4.78 is 10.6. The van der Waals surface area contributed by atoms with Crippen LogP contribution in [-0.2, 0) is 4.74 Å². The van der Waals surface area contributed by atoms with Crippen molar-refractivity contribution in [2.45, 2.75) is 63.9 Å². The third-order valence-corrected chi connectivity index (χ3v) is 4.10. The highest BCUT2D eigenvalue weighted by Gasteiger charge is 2.20. The van der Waals surface area contributed by atoms with Gasteiger partial charge in [0.1, 0.15) is 11.3 Å². The second kappa shape index (κ2) is 9.65. The number of hydrogen-bond acceptors (Lipinski definition) is 5. The maximum atomic E-state index is 12.0. The highest BCUT2D eigenvalue weighted by Crippen LogP contribution is 2.34. The van der Waals surface area contributed by atoms with Crippen LogP contribution in [0.1, 0.15) is 53.4 Å². The largest absolute Gasteiger partial charge is 0.479 e. The molecule has 0 bridgehead atoms. The van der Waals surface area contributed by atoms with Crippen LogP contribution in [0.3, 0.4) is 0 Å². The first kappa shape index (κ1) is 19.6. The van der Waals surface area contributed by atoms with Crippen LogP contribution in [0.15, 0.2) is 17.2 Å². The van der Waals surface area contributed by atoms with Gasteiger partial charge in [0.15, 0.2) is 0 Å². The molecule has 23 heavy (non-hydrogen) atoms. The average Bonchev–Trinajstić information content (AvgIpc) is 2.46. The molecule has 1 rings (SSSR count). The lowest BCUT2D eigenvalue weighted by atomic mass is 10.2. The molecule has 0 radical (unpaired) electrons. The zero-order chi connectivity index (χ0) is 17.3. The Bertz CT molecular complexity index is 501. The Balaban J connectivity index is 2.76. The van der Waals surface area contributed by atoms with Gasteiger partial charge in [-0.15, -0.1) is 11.8 Å². The molecule has 6 heteroatoms. The van der Waals surface area contributed by atoms with Crippen LogP contribution in [-0.4, -0.2) is 29.5 Å². The molecule has 1 amide bonds. The van der Waals surface area contributed by atoms with E-state index in [1.165, 1.54) is 26.4 Å². The van der Waals surface area contributed by atoms with E-state index < -0.39 is 11.7 Å². The van der Waals surface area contributed by atoms with E-state index in [-0.39, 0.29) is 0 Å². The highest BCUT2D eigenvalue weighted by molar-refractivity contribution is 7.99. The second-order valence-corrected chi connectivity index (χ2v) is 7.37. The minimum atomic E-state index is -0.549. The number of rotatable bonds is 8. The van der Waals surface area contributed by atoms with Crippen molar-refractivity contribution in [3.8, 4) is 5.88 Å². The van der Waals surface area contributed by atoms with Crippen molar-refractivity contribution in [1.82, 2.24) is 4.98 Å². The molecule has 0 atom stereocenters. The van der Waals surface area contributed by atoms with Crippen LogP contribution < -0.4 is 10.1 Å². The van der Waals surface area contributed by atoms with Crippen LogP contribution >= 0.6 is 11.8 Å². The average molecular weight is 340 g/mol. The highest BCUT2D eigenvalue weighted by atomic mass is 32.2. The first-order valence-electron chi connectivity index (χ1n) is 8.03. The number of unbranched alkanes of at least 4 members (excludes halogenated alkanes) is 3. The number of nitrogens with zero attached hydrogens (tertiary/aromatic N) is 1. The lowest BCUT2D eigenvalue weighted by Gasteiger charge is -2.21. The number of nitrogens with one attached hydrogen (secondary N) is 1. The Morgan fingerprint density at radius 3 is 2.65 bits per heavy atom. The fourth-order valence-electron chi connectivity index (χ4n) is 1.93. The number of methoxy groups -OCH3 is 1. The van der Waals surface area contributed by atoms with Crippen LogP contribution in [0.5, 0.6) is 5.88 Å². The zero-order valence-electron chi connectivity index (χ0n) is 14.8. The molecule has 130 valence electrons. The molecular weight excluding hydrogens is 312 g/mol. The Hall–Kier alpha value is -1.43. The molecule has 0 fully saturated rings. The van der Waals surface area contributed by atoms with E-state index in [0.29, 0.717) is 11.6 Å². The molecule has 1 heterocycles. The molecule has 1 aromatic rings. The molecule has 0 aliphatic rings. The molecule has 0 aliphatic carbocycles. The molecule has 0 saturated heterocycles. The summed E-state index contributed by atoms with van der Waals surface area (Å²) in [6.07, 6.45) is 6.03. The summed E-state index contributed by atoms with van der Waals surface area (Å²) in [4.78, 5) is 17.1. The fraction of sp³-hybridized carbons (Fsp3) is 0.647. The minimum absolute atomic E-state index is 0.398. The third kappa shape index (κ3) is 7.59. The van der Waals surface area contributed by atoms with Crippen molar-refractivity contribution >= 4 is 23.5 Å². The summed E-state index contributed by atoms with van der Waals surface area (Å²) in [6.45, 7) is 7.69.